The Morgan fingerprint density at radius 1 is 1.04 bits per heavy atom. The summed E-state index contributed by atoms with van der Waals surface area (Å²) in [6.45, 7) is 9.61. The Morgan fingerprint density at radius 3 is 2.48 bits per heavy atom. The number of carbonyl (C=O) groups excluding carboxylic acids is 2. The third kappa shape index (κ3) is 3.89. The first kappa shape index (κ1) is 18.8. The largest absolute Gasteiger partial charge is 0.319 e. The van der Waals surface area contributed by atoms with E-state index < -0.39 is 0 Å². The van der Waals surface area contributed by atoms with Crippen molar-refractivity contribution >= 4 is 28.9 Å². The van der Waals surface area contributed by atoms with Gasteiger partial charge in [0.1, 0.15) is 5.71 Å². The van der Waals surface area contributed by atoms with Crippen molar-refractivity contribution in [2.45, 2.75) is 47.5 Å². The van der Waals surface area contributed by atoms with Crippen LogP contribution in [0.5, 0.6) is 0 Å². The maximum absolute atomic E-state index is 12.8. The first-order chi connectivity index (χ1) is 12.8. The van der Waals surface area contributed by atoms with Crippen molar-refractivity contribution in [2.75, 3.05) is 10.3 Å². The van der Waals surface area contributed by atoms with E-state index in [4.69, 9.17) is 0 Å². The zero-order valence-electron chi connectivity index (χ0n) is 16.4. The molecule has 0 bridgehead atoms. The Bertz CT molecular complexity index is 940. The third-order valence-corrected chi connectivity index (χ3v) is 4.65. The molecule has 0 radical (unpaired) electrons. The first-order valence-electron chi connectivity index (χ1n) is 9.00. The van der Waals surface area contributed by atoms with Gasteiger partial charge in [-0.05, 0) is 63.4 Å². The number of hydrogen-bond donors (Lipinski definition) is 1. The molecule has 1 N–H and O–H groups in total. The Kier molecular flexibility index (Phi) is 5.08. The van der Waals surface area contributed by atoms with Crippen LogP contribution < -0.4 is 10.3 Å². The number of benzene rings is 1. The highest BCUT2D eigenvalue weighted by molar-refractivity contribution is 6.44. The number of amides is 2. The molecule has 0 spiro atoms. The van der Waals surface area contributed by atoms with Crippen LogP contribution in [0.15, 0.2) is 29.4 Å². The van der Waals surface area contributed by atoms with Gasteiger partial charge in [-0.15, -0.1) is 0 Å². The van der Waals surface area contributed by atoms with Gasteiger partial charge in [0, 0.05) is 18.5 Å². The van der Waals surface area contributed by atoms with Gasteiger partial charge in [-0.2, -0.15) is 5.10 Å². The monoisotopic (exact) mass is 364 g/mol. The van der Waals surface area contributed by atoms with Crippen LogP contribution in [0.1, 0.15) is 40.9 Å². The van der Waals surface area contributed by atoms with E-state index in [0.29, 0.717) is 17.8 Å². The van der Waals surface area contributed by atoms with Crippen LogP contribution >= 0.6 is 0 Å². The second-order valence-electron chi connectivity index (χ2n) is 7.04. The van der Waals surface area contributed by atoms with E-state index in [-0.39, 0.29) is 18.2 Å². The number of aryl methyl sites for hydroxylation is 5. The molecule has 2 aromatic rings. The minimum atomic E-state index is -0.297. The Morgan fingerprint density at radius 2 is 1.78 bits per heavy atom. The van der Waals surface area contributed by atoms with Gasteiger partial charge in [-0.1, -0.05) is 12.1 Å². The predicted octanol–water partition coefficient (Wildman–Crippen LogP) is 3.75. The zero-order valence-corrected chi connectivity index (χ0v) is 16.4. The minimum Gasteiger partial charge on any atom is -0.319 e. The predicted molar refractivity (Wildman–Crippen MR) is 107 cm³/mol. The highest BCUT2D eigenvalue weighted by atomic mass is 16.2. The number of rotatable bonds is 3. The quantitative estimate of drug-likeness (QED) is 0.901. The summed E-state index contributed by atoms with van der Waals surface area (Å²) in [7, 11) is 0. The molecule has 6 nitrogen and oxygen atoms in total. The van der Waals surface area contributed by atoms with E-state index in [0.717, 1.165) is 33.8 Å². The molecule has 1 aliphatic rings. The molecule has 1 aliphatic heterocycles. The van der Waals surface area contributed by atoms with Crippen LogP contribution in [0.3, 0.4) is 0 Å². The van der Waals surface area contributed by atoms with Gasteiger partial charge in [0.15, 0.2) is 0 Å². The van der Waals surface area contributed by atoms with Gasteiger partial charge in [0.2, 0.25) is 5.91 Å². The summed E-state index contributed by atoms with van der Waals surface area (Å²) in [4.78, 5) is 29.6. The molecule has 140 valence electrons. The fourth-order valence-corrected chi connectivity index (χ4v) is 3.25. The van der Waals surface area contributed by atoms with Gasteiger partial charge < -0.3 is 5.32 Å². The second-order valence-corrected chi connectivity index (χ2v) is 7.04. The summed E-state index contributed by atoms with van der Waals surface area (Å²) in [6.07, 6.45) is 0.577. The Hall–Kier alpha value is -3.02. The van der Waals surface area contributed by atoms with Crippen LogP contribution in [0.2, 0.25) is 0 Å². The number of hydrogen-bond acceptors (Lipinski definition) is 4. The first-order valence-corrected chi connectivity index (χ1v) is 9.00. The smallest absolute Gasteiger partial charge is 0.271 e. The maximum atomic E-state index is 12.8. The summed E-state index contributed by atoms with van der Waals surface area (Å²) in [5.74, 6) is -0.403. The molecule has 2 amide bonds. The van der Waals surface area contributed by atoms with Crippen LogP contribution in [0.4, 0.5) is 11.4 Å². The molecule has 1 aromatic heterocycles. The van der Waals surface area contributed by atoms with E-state index in [9.17, 15) is 9.59 Å². The molecule has 0 unspecified atom stereocenters. The van der Waals surface area contributed by atoms with Crippen LogP contribution in [0.25, 0.3) is 0 Å². The van der Waals surface area contributed by atoms with Crippen molar-refractivity contribution in [3.8, 4) is 0 Å². The summed E-state index contributed by atoms with van der Waals surface area (Å²) < 4.78 is 0. The van der Waals surface area contributed by atoms with E-state index in [1.54, 1.807) is 0 Å². The maximum Gasteiger partial charge on any atom is 0.271 e. The van der Waals surface area contributed by atoms with Crippen molar-refractivity contribution < 1.29 is 9.59 Å². The van der Waals surface area contributed by atoms with Crippen LogP contribution in [-0.4, -0.2) is 22.5 Å². The molecule has 0 aliphatic carbocycles. The van der Waals surface area contributed by atoms with Gasteiger partial charge in [-0.3, -0.25) is 14.6 Å². The molecule has 6 heteroatoms. The lowest BCUT2D eigenvalue weighted by atomic mass is 10.1. The highest BCUT2D eigenvalue weighted by Gasteiger charge is 2.27. The topological polar surface area (TPSA) is 74.7 Å². The van der Waals surface area contributed by atoms with Crippen molar-refractivity contribution in [3.05, 3.63) is 52.3 Å². The Balaban J connectivity index is 1.91. The molecular formula is C21H24N4O2. The van der Waals surface area contributed by atoms with E-state index >= 15 is 0 Å². The fourth-order valence-electron chi connectivity index (χ4n) is 3.25. The van der Waals surface area contributed by atoms with Crippen molar-refractivity contribution in [3.63, 3.8) is 0 Å². The summed E-state index contributed by atoms with van der Waals surface area (Å²) >= 11 is 0. The van der Waals surface area contributed by atoms with Crippen LogP contribution in [-0.2, 0) is 9.59 Å². The third-order valence-electron chi connectivity index (χ3n) is 4.65. The molecule has 3 rings (SSSR count). The standard InChI is InChI=1S/C21H24N4O2/c1-12-6-7-13(2)18(10-12)25-19(26)9-8-17(24-25)21(27)23-20-14(3)11-15(4)22-16(20)5/h6-7,10-11H,8-9H2,1-5H3,(H,23,27). The molecule has 0 atom stereocenters. The lowest BCUT2D eigenvalue weighted by Crippen LogP contribution is -2.36. The number of nitrogens with zero attached hydrogens (tertiary/aromatic N) is 3. The normalized spacial score (nSPS) is 14.2. The second kappa shape index (κ2) is 7.31. The molecule has 27 heavy (non-hydrogen) atoms. The minimum absolute atomic E-state index is 0.107. The van der Waals surface area contributed by atoms with E-state index in [1.807, 2.05) is 58.9 Å². The zero-order chi connectivity index (χ0) is 19.7. The number of hydrazone groups is 1. The van der Waals surface area contributed by atoms with Crippen molar-refractivity contribution in [1.29, 1.82) is 0 Å². The van der Waals surface area contributed by atoms with Crippen molar-refractivity contribution in [2.24, 2.45) is 5.10 Å². The van der Waals surface area contributed by atoms with Gasteiger partial charge in [0.05, 0.1) is 17.1 Å². The van der Waals surface area contributed by atoms with Gasteiger partial charge >= 0.3 is 0 Å². The SMILES string of the molecule is Cc1ccc(C)c(N2N=C(C(=O)Nc3c(C)cc(C)nc3C)CCC2=O)c1. The average Bonchev–Trinajstić information content (AvgIpc) is 2.60. The number of nitrogens with one attached hydrogen (secondary N) is 1. The number of aromatic nitrogens is 1. The summed E-state index contributed by atoms with van der Waals surface area (Å²) in [5.41, 5.74) is 6.35. The van der Waals surface area contributed by atoms with E-state index in [2.05, 4.69) is 15.4 Å². The lowest BCUT2D eigenvalue weighted by Gasteiger charge is -2.25. The number of carbonyl (C=O) groups is 2. The fraction of sp³-hybridized carbons (Fsp3) is 0.333. The molecular weight excluding hydrogens is 340 g/mol. The molecule has 2 heterocycles. The van der Waals surface area contributed by atoms with Crippen molar-refractivity contribution in [1.82, 2.24) is 4.98 Å². The Labute approximate surface area is 159 Å². The lowest BCUT2D eigenvalue weighted by molar-refractivity contribution is -0.118. The highest BCUT2D eigenvalue weighted by Crippen LogP contribution is 2.26. The van der Waals surface area contributed by atoms with Gasteiger partial charge in [-0.25, -0.2) is 5.01 Å². The number of pyridine rings is 1. The van der Waals surface area contributed by atoms with Crippen LogP contribution in [0, 0.1) is 34.6 Å². The van der Waals surface area contributed by atoms with E-state index in [1.165, 1.54) is 5.01 Å². The summed E-state index contributed by atoms with van der Waals surface area (Å²) in [5, 5.41) is 8.65. The summed E-state index contributed by atoms with van der Waals surface area (Å²) in [6, 6.07) is 7.78. The van der Waals surface area contributed by atoms with Gasteiger partial charge in [0.25, 0.3) is 5.91 Å². The molecule has 1 aromatic carbocycles. The molecule has 0 fully saturated rings. The molecule has 0 saturated carbocycles. The average molecular weight is 364 g/mol. The molecule has 0 saturated heterocycles. The number of anilines is 2.